The van der Waals surface area contributed by atoms with Crippen LogP contribution in [-0.2, 0) is 11.3 Å². The summed E-state index contributed by atoms with van der Waals surface area (Å²) in [5.41, 5.74) is 9.87. The Labute approximate surface area is 156 Å². The molecule has 5 nitrogen and oxygen atoms in total. The van der Waals surface area contributed by atoms with E-state index in [0.717, 1.165) is 33.1 Å². The number of hydrogen-bond acceptors (Lipinski definition) is 2. The van der Waals surface area contributed by atoms with Gasteiger partial charge in [0.1, 0.15) is 0 Å². The van der Waals surface area contributed by atoms with Gasteiger partial charge in [-0.05, 0) is 42.0 Å². The SMILES string of the molecule is CC(=O)Nc1ccc(Cn2c3ccc[c]c3c3c(C(N)=O)cccc32)cc1. The fourth-order valence-electron chi connectivity index (χ4n) is 3.47. The van der Waals surface area contributed by atoms with Gasteiger partial charge in [-0.2, -0.15) is 0 Å². The second-order valence-corrected chi connectivity index (χ2v) is 6.46. The topological polar surface area (TPSA) is 77.1 Å². The third kappa shape index (κ3) is 3.04. The van der Waals surface area contributed by atoms with Crippen molar-refractivity contribution in [3.63, 3.8) is 0 Å². The third-order valence-corrected chi connectivity index (χ3v) is 4.59. The maximum absolute atomic E-state index is 11.9. The molecule has 4 aromatic rings. The molecule has 0 aliphatic heterocycles. The maximum atomic E-state index is 11.9. The summed E-state index contributed by atoms with van der Waals surface area (Å²) in [7, 11) is 0. The van der Waals surface area contributed by atoms with Crippen LogP contribution in [0.25, 0.3) is 21.8 Å². The molecule has 0 bridgehead atoms. The van der Waals surface area contributed by atoms with E-state index >= 15 is 0 Å². The van der Waals surface area contributed by atoms with Crippen LogP contribution in [-0.4, -0.2) is 16.4 Å². The second kappa shape index (κ2) is 6.61. The first-order chi connectivity index (χ1) is 13.0. The molecular weight excluding hydrogens is 338 g/mol. The van der Waals surface area contributed by atoms with Crippen molar-refractivity contribution in [2.24, 2.45) is 5.73 Å². The number of carbonyl (C=O) groups is 2. The predicted octanol–water partition coefficient (Wildman–Crippen LogP) is 3.70. The lowest BCUT2D eigenvalue weighted by molar-refractivity contribution is -0.114. The molecule has 0 saturated heterocycles. The first-order valence-corrected chi connectivity index (χ1v) is 8.62. The number of nitrogens with zero attached hydrogens (tertiary/aromatic N) is 1. The predicted molar refractivity (Wildman–Crippen MR) is 107 cm³/mol. The maximum Gasteiger partial charge on any atom is 0.249 e. The number of primary amides is 1. The number of anilines is 1. The van der Waals surface area contributed by atoms with Crippen LogP contribution in [0.15, 0.2) is 60.7 Å². The van der Waals surface area contributed by atoms with Gasteiger partial charge in [0.25, 0.3) is 0 Å². The Morgan fingerprint density at radius 1 is 1.04 bits per heavy atom. The zero-order chi connectivity index (χ0) is 19.0. The van der Waals surface area contributed by atoms with E-state index in [1.54, 1.807) is 6.07 Å². The van der Waals surface area contributed by atoms with Crippen LogP contribution in [0.2, 0.25) is 0 Å². The second-order valence-electron chi connectivity index (χ2n) is 6.46. The number of hydrogen-bond donors (Lipinski definition) is 2. The fraction of sp³-hybridized carbons (Fsp3) is 0.0909. The van der Waals surface area contributed by atoms with Crippen molar-refractivity contribution in [3.05, 3.63) is 77.9 Å². The van der Waals surface area contributed by atoms with E-state index in [4.69, 9.17) is 5.73 Å². The molecule has 0 spiro atoms. The third-order valence-electron chi connectivity index (χ3n) is 4.59. The Hall–Kier alpha value is -3.60. The molecule has 1 heterocycles. The monoisotopic (exact) mass is 356 g/mol. The van der Waals surface area contributed by atoms with Crippen LogP contribution in [0.5, 0.6) is 0 Å². The van der Waals surface area contributed by atoms with Gasteiger partial charge in [0.05, 0.1) is 11.0 Å². The summed E-state index contributed by atoms with van der Waals surface area (Å²) in [4.78, 5) is 23.1. The van der Waals surface area contributed by atoms with Crippen LogP contribution in [0, 0.1) is 6.07 Å². The van der Waals surface area contributed by atoms with Crippen molar-refractivity contribution in [2.45, 2.75) is 13.5 Å². The van der Waals surface area contributed by atoms with E-state index < -0.39 is 5.91 Å². The number of benzene rings is 3. The Morgan fingerprint density at radius 3 is 2.48 bits per heavy atom. The number of fused-ring (bicyclic) bond motifs is 3. The minimum atomic E-state index is -0.448. The number of carbonyl (C=O) groups excluding carboxylic acids is 2. The number of nitrogens with one attached hydrogen (secondary N) is 1. The van der Waals surface area contributed by atoms with Gasteiger partial charge >= 0.3 is 0 Å². The average molecular weight is 356 g/mol. The summed E-state index contributed by atoms with van der Waals surface area (Å²) in [5.74, 6) is -0.545. The quantitative estimate of drug-likeness (QED) is 0.585. The molecule has 2 amide bonds. The molecule has 133 valence electrons. The van der Waals surface area contributed by atoms with Crippen LogP contribution in [0.3, 0.4) is 0 Å². The van der Waals surface area contributed by atoms with Crippen molar-refractivity contribution in [1.82, 2.24) is 4.57 Å². The van der Waals surface area contributed by atoms with Gasteiger partial charge in [0, 0.05) is 35.5 Å². The molecule has 1 aromatic heterocycles. The van der Waals surface area contributed by atoms with Crippen molar-refractivity contribution in [2.75, 3.05) is 5.32 Å². The lowest BCUT2D eigenvalue weighted by Crippen LogP contribution is -2.11. The Morgan fingerprint density at radius 2 is 1.78 bits per heavy atom. The van der Waals surface area contributed by atoms with Crippen LogP contribution in [0.1, 0.15) is 22.8 Å². The summed E-state index contributed by atoms with van der Waals surface area (Å²) in [6.07, 6.45) is 0. The van der Waals surface area contributed by atoms with E-state index in [2.05, 4.69) is 16.0 Å². The van der Waals surface area contributed by atoms with Gasteiger partial charge in [-0.15, -0.1) is 0 Å². The molecule has 0 aliphatic carbocycles. The van der Waals surface area contributed by atoms with E-state index in [1.807, 2.05) is 54.6 Å². The first kappa shape index (κ1) is 16.8. The molecule has 27 heavy (non-hydrogen) atoms. The standard InChI is InChI=1S/C22H18N3O2/c1-14(26)24-16-11-9-15(10-12-16)13-25-19-7-3-2-5-17(19)21-18(22(23)27)6-4-8-20(21)25/h2-4,6-12H,13H2,1H3,(H2,23,27)(H,24,26). The molecule has 4 rings (SSSR count). The highest BCUT2D eigenvalue weighted by molar-refractivity contribution is 6.17. The normalized spacial score (nSPS) is 11.0. The van der Waals surface area contributed by atoms with E-state index in [-0.39, 0.29) is 5.91 Å². The van der Waals surface area contributed by atoms with Crippen LogP contribution >= 0.6 is 0 Å². The number of rotatable bonds is 4. The molecule has 3 aromatic carbocycles. The van der Waals surface area contributed by atoms with Crippen molar-refractivity contribution < 1.29 is 9.59 Å². The zero-order valence-electron chi connectivity index (χ0n) is 14.8. The Kier molecular flexibility index (Phi) is 4.12. The van der Waals surface area contributed by atoms with E-state index in [9.17, 15) is 9.59 Å². The average Bonchev–Trinajstić information content (AvgIpc) is 2.97. The van der Waals surface area contributed by atoms with Crippen molar-refractivity contribution in [3.8, 4) is 0 Å². The summed E-state index contributed by atoms with van der Waals surface area (Å²) in [6, 6.07) is 22.3. The number of amides is 2. The van der Waals surface area contributed by atoms with Gasteiger partial charge in [-0.25, -0.2) is 0 Å². The highest BCUT2D eigenvalue weighted by Gasteiger charge is 2.16. The van der Waals surface area contributed by atoms with Gasteiger partial charge in [-0.1, -0.05) is 30.3 Å². The van der Waals surface area contributed by atoms with E-state index in [0.29, 0.717) is 12.1 Å². The highest BCUT2D eigenvalue weighted by atomic mass is 16.1. The molecule has 3 N–H and O–H groups in total. The highest BCUT2D eigenvalue weighted by Crippen LogP contribution is 2.32. The fourth-order valence-corrected chi connectivity index (χ4v) is 3.47. The summed E-state index contributed by atoms with van der Waals surface area (Å²) in [6.45, 7) is 2.11. The van der Waals surface area contributed by atoms with Crippen molar-refractivity contribution in [1.29, 1.82) is 0 Å². The summed E-state index contributed by atoms with van der Waals surface area (Å²) < 4.78 is 2.15. The first-order valence-electron chi connectivity index (χ1n) is 8.62. The van der Waals surface area contributed by atoms with Crippen LogP contribution in [0.4, 0.5) is 5.69 Å². The molecule has 0 atom stereocenters. The number of nitrogens with two attached hydrogens (primary N) is 1. The Balaban J connectivity index is 1.85. The van der Waals surface area contributed by atoms with Gasteiger partial charge in [0.15, 0.2) is 0 Å². The van der Waals surface area contributed by atoms with Gasteiger partial charge in [0.2, 0.25) is 11.8 Å². The van der Waals surface area contributed by atoms with Crippen LogP contribution < -0.4 is 11.1 Å². The molecular formula is C22H18N3O2. The zero-order valence-corrected chi connectivity index (χ0v) is 14.8. The number of aromatic nitrogens is 1. The Bertz CT molecular complexity index is 1170. The van der Waals surface area contributed by atoms with E-state index in [1.165, 1.54) is 6.92 Å². The van der Waals surface area contributed by atoms with Crippen molar-refractivity contribution >= 4 is 39.3 Å². The van der Waals surface area contributed by atoms with Gasteiger partial charge < -0.3 is 15.6 Å². The molecule has 5 heteroatoms. The molecule has 0 fully saturated rings. The molecule has 1 radical (unpaired) electrons. The molecule has 0 saturated carbocycles. The minimum absolute atomic E-state index is 0.0975. The van der Waals surface area contributed by atoms with Gasteiger partial charge in [-0.3, -0.25) is 9.59 Å². The smallest absolute Gasteiger partial charge is 0.249 e. The minimum Gasteiger partial charge on any atom is -0.366 e. The summed E-state index contributed by atoms with van der Waals surface area (Å²) in [5, 5.41) is 4.48. The summed E-state index contributed by atoms with van der Waals surface area (Å²) >= 11 is 0. The largest absolute Gasteiger partial charge is 0.366 e. The molecule has 0 unspecified atom stereocenters. The molecule has 0 aliphatic rings. The lowest BCUT2D eigenvalue weighted by atomic mass is 10.1. The lowest BCUT2D eigenvalue weighted by Gasteiger charge is -2.09.